The number of carboxylic acids is 1. The maximum absolute atomic E-state index is 12.3. The third kappa shape index (κ3) is 24.5. The summed E-state index contributed by atoms with van der Waals surface area (Å²) in [5.74, 6) is 0.134. The zero-order chi connectivity index (χ0) is 65.2. The van der Waals surface area contributed by atoms with E-state index in [-0.39, 0.29) is 52.2 Å². The lowest BCUT2D eigenvalue weighted by atomic mass is 10.0. The van der Waals surface area contributed by atoms with Gasteiger partial charge in [0.15, 0.2) is 5.78 Å². The summed E-state index contributed by atoms with van der Waals surface area (Å²) in [5, 5.41) is 17.4. The van der Waals surface area contributed by atoms with Gasteiger partial charge in [0, 0.05) is 85.1 Å². The smallest absolute Gasteiger partial charge is 0.341 e. The summed E-state index contributed by atoms with van der Waals surface area (Å²) >= 11 is 5.42. The van der Waals surface area contributed by atoms with Crippen molar-refractivity contribution in [2.45, 2.75) is 60.9 Å². The van der Waals surface area contributed by atoms with Crippen LogP contribution in [0.4, 0.5) is 0 Å². The number of hydrogen-bond donors (Lipinski definition) is 5. The Bertz CT molecular complexity index is 3950. The predicted molar refractivity (Wildman–Crippen MR) is 333 cm³/mol. The first-order chi connectivity index (χ1) is 43.3. The van der Waals surface area contributed by atoms with E-state index in [0.717, 1.165) is 22.5 Å². The Morgan fingerprint density at radius 1 is 0.489 bits per heavy atom. The predicted octanol–water partition coefficient (Wildman–Crippen LogP) is 11.0. The SMILES string of the molecule is CCOC(=O)c1cnc(Cl)nc1.CCOC(=O)c1cnc(Oc2ccccc2)nc1.Cc1cc(C)c(CCC(=O)c2cnc(Oc3ccccc3)nc2)c(=O)[nH]1.Cc1cc(C)c(CN)c(=O)[nH]1.O=C(O)c1cnc(Oc2ccccc2)nc1.Oc1ccccc1. The number of para-hydroxylation sites is 4. The molecule has 0 spiro atoms. The Hall–Kier alpha value is -11.4. The maximum Gasteiger partial charge on any atom is 0.341 e. The van der Waals surface area contributed by atoms with Gasteiger partial charge in [-0.05, 0) is 131 Å². The lowest BCUT2D eigenvalue weighted by Crippen LogP contribution is -2.18. The standard InChI is InChI=1S/C20H19N3O3.C13H12N2O3.C11H8N2O3.C8H12N2O.C7H7ClN2O2.C6H6O/c1-13-10-14(2)23-19(25)17(13)8-9-18(24)15-11-21-20(22-12-15)26-16-6-4-3-5-7-16;1-2-17-12(16)10-8-14-13(15-9-10)18-11-6-4-3-5-7-11;14-10(15)8-6-12-11(13-7-8)16-9-4-2-1-3-5-9;1-5-3-6(2)10-8(11)7(5)4-9;1-2-12-6(11)5-3-9-7(8)10-4-5;7-6-4-2-1-3-5-6/h3-7,10-12H,8-9H2,1-2H3,(H,23,25);3-9H,2H2,1H3;1-7H,(H,14,15);3H,4,9H2,1-2H3,(H,10,11);3-4H,2H2,1H3;1-5,7H. The highest BCUT2D eigenvalue weighted by atomic mass is 35.5. The fraction of sp³-hybridized carbons (Fsp3) is 0.169. The van der Waals surface area contributed by atoms with Crippen molar-refractivity contribution in [3.05, 3.63) is 265 Å². The van der Waals surface area contributed by atoms with Gasteiger partial charge in [-0.3, -0.25) is 14.4 Å². The molecular formula is C65H64ClN11O13. The molecule has 6 N–H and O–H groups in total. The van der Waals surface area contributed by atoms with E-state index in [1.165, 1.54) is 49.6 Å². The number of halogens is 1. The molecule has 0 bridgehead atoms. The van der Waals surface area contributed by atoms with Crippen LogP contribution < -0.4 is 31.1 Å². The number of ether oxygens (including phenoxy) is 5. The molecule has 24 nitrogen and oxygen atoms in total. The minimum atomic E-state index is -1.06. The molecule has 0 aliphatic rings. The van der Waals surface area contributed by atoms with Crippen LogP contribution in [0.1, 0.15) is 95.3 Å². The van der Waals surface area contributed by atoms with E-state index in [4.69, 9.17) is 51.2 Å². The van der Waals surface area contributed by atoms with Gasteiger partial charge >= 0.3 is 35.9 Å². The highest BCUT2D eigenvalue weighted by Gasteiger charge is 2.14. The summed E-state index contributed by atoms with van der Waals surface area (Å²) in [5.41, 5.74) is 11.1. The van der Waals surface area contributed by atoms with Gasteiger partial charge in [0.1, 0.15) is 23.0 Å². The van der Waals surface area contributed by atoms with Gasteiger partial charge in [-0.25, -0.2) is 54.3 Å². The molecule has 10 aromatic rings. The number of pyridine rings is 2. The fourth-order valence-corrected chi connectivity index (χ4v) is 7.33. The average Bonchev–Trinajstić information content (AvgIpc) is 3.73. The van der Waals surface area contributed by atoms with E-state index in [0.29, 0.717) is 77.0 Å². The number of aryl methyl sites for hydroxylation is 4. The molecule has 4 aromatic carbocycles. The number of rotatable bonds is 16. The Morgan fingerprint density at radius 2 is 0.822 bits per heavy atom. The van der Waals surface area contributed by atoms with E-state index in [1.807, 2.05) is 100 Å². The van der Waals surface area contributed by atoms with Gasteiger partial charge in [-0.15, -0.1) is 0 Å². The molecule has 25 heteroatoms. The number of hydrogen-bond acceptors (Lipinski definition) is 21. The Labute approximate surface area is 521 Å². The molecule has 0 saturated heterocycles. The lowest BCUT2D eigenvalue weighted by molar-refractivity contribution is 0.0515. The molecule has 464 valence electrons. The molecular weight excluding hydrogens is 1180 g/mol. The van der Waals surface area contributed by atoms with Crippen molar-refractivity contribution in [3.8, 4) is 41.0 Å². The highest BCUT2D eigenvalue weighted by molar-refractivity contribution is 6.28. The molecule has 6 heterocycles. The summed E-state index contributed by atoms with van der Waals surface area (Å²) in [4.78, 5) is 105. The molecule has 90 heavy (non-hydrogen) atoms. The molecule has 0 saturated carbocycles. The van der Waals surface area contributed by atoms with Crippen LogP contribution in [0.25, 0.3) is 0 Å². The number of nitrogens with one attached hydrogen (secondary N) is 2. The van der Waals surface area contributed by atoms with Gasteiger partial charge in [-0.1, -0.05) is 72.8 Å². The number of ketones is 1. The van der Waals surface area contributed by atoms with Gasteiger partial charge in [0.25, 0.3) is 11.1 Å². The number of aromatic carboxylic acids is 1. The first-order valence-corrected chi connectivity index (χ1v) is 27.8. The Balaban J connectivity index is 0.000000205. The number of nitrogens with zero attached hydrogens (tertiary/aromatic N) is 8. The second-order valence-corrected chi connectivity index (χ2v) is 18.7. The number of nitrogens with two attached hydrogens (primary N) is 1. The second kappa shape index (κ2) is 37.2. The van der Waals surface area contributed by atoms with Crippen molar-refractivity contribution >= 4 is 35.3 Å². The normalized spacial score (nSPS) is 9.91. The van der Waals surface area contributed by atoms with Gasteiger partial charge in [0.2, 0.25) is 5.28 Å². The number of phenols is 1. The Kier molecular flexibility index (Phi) is 28.7. The highest BCUT2D eigenvalue weighted by Crippen LogP contribution is 2.20. The molecule has 10 rings (SSSR count). The van der Waals surface area contributed by atoms with Crippen LogP contribution in [0.3, 0.4) is 0 Å². The van der Waals surface area contributed by atoms with E-state index in [2.05, 4.69) is 49.8 Å². The monoisotopic (exact) mass is 1240 g/mol. The molecule has 0 fully saturated rings. The molecule has 0 aliphatic heterocycles. The lowest BCUT2D eigenvalue weighted by Gasteiger charge is -2.06. The van der Waals surface area contributed by atoms with Crippen LogP contribution in [0.2, 0.25) is 5.28 Å². The number of aromatic hydroxyl groups is 1. The van der Waals surface area contributed by atoms with Crippen molar-refractivity contribution in [2.24, 2.45) is 5.73 Å². The van der Waals surface area contributed by atoms with Gasteiger partial charge in [-0.2, -0.15) is 0 Å². The number of aromatic nitrogens is 10. The summed E-state index contributed by atoms with van der Waals surface area (Å²) in [6.45, 7) is 11.9. The van der Waals surface area contributed by atoms with E-state index in [9.17, 15) is 28.8 Å². The van der Waals surface area contributed by atoms with E-state index < -0.39 is 17.9 Å². The zero-order valence-electron chi connectivity index (χ0n) is 49.8. The number of benzene rings is 4. The van der Waals surface area contributed by atoms with Gasteiger partial charge < -0.3 is 49.6 Å². The van der Waals surface area contributed by atoms with Crippen molar-refractivity contribution in [3.63, 3.8) is 0 Å². The number of Topliss-reactive ketones (excluding diaryl/α,β-unsaturated/α-hetero) is 1. The zero-order valence-corrected chi connectivity index (χ0v) is 50.5. The topological polar surface area (TPSA) is 350 Å². The molecule has 0 unspecified atom stereocenters. The molecule has 0 amide bonds. The first kappa shape index (κ1) is 69.4. The van der Waals surface area contributed by atoms with Crippen molar-refractivity contribution in [1.82, 2.24) is 49.8 Å². The van der Waals surface area contributed by atoms with Crippen molar-refractivity contribution < 1.29 is 53.1 Å². The average molecular weight is 1240 g/mol. The van der Waals surface area contributed by atoms with E-state index >= 15 is 0 Å². The number of carboxylic acid groups (broad SMARTS) is 1. The minimum absolute atomic E-state index is 0.0282. The van der Waals surface area contributed by atoms with E-state index in [1.54, 1.807) is 74.5 Å². The number of phenolic OH excluding ortho intramolecular Hbond substituents is 1. The third-order valence-corrected chi connectivity index (χ3v) is 11.7. The maximum atomic E-state index is 12.3. The summed E-state index contributed by atoms with van der Waals surface area (Å²) < 4.78 is 25.7. The van der Waals surface area contributed by atoms with Crippen LogP contribution in [0, 0.1) is 27.7 Å². The van der Waals surface area contributed by atoms with Crippen LogP contribution in [-0.4, -0.2) is 97.0 Å². The Morgan fingerprint density at radius 3 is 1.14 bits per heavy atom. The number of aromatic amines is 2. The third-order valence-electron chi connectivity index (χ3n) is 11.5. The fourth-order valence-electron chi connectivity index (χ4n) is 7.23. The van der Waals surface area contributed by atoms with Gasteiger partial charge in [0.05, 0.1) is 35.5 Å². The number of esters is 2. The van der Waals surface area contributed by atoms with Crippen LogP contribution >= 0.6 is 11.6 Å². The van der Waals surface area contributed by atoms with Crippen molar-refractivity contribution in [2.75, 3.05) is 13.2 Å². The summed E-state index contributed by atoms with van der Waals surface area (Å²) in [6.07, 6.45) is 11.3. The quantitative estimate of drug-likeness (QED) is 0.0341. The number of carbonyl (C=O) groups excluding carboxylic acids is 3. The summed E-state index contributed by atoms with van der Waals surface area (Å²) in [7, 11) is 0. The largest absolute Gasteiger partial charge is 0.508 e. The molecule has 0 atom stereocenters. The van der Waals surface area contributed by atoms with Crippen LogP contribution in [0.5, 0.6) is 41.0 Å². The number of carbonyl (C=O) groups is 4. The molecule has 6 aromatic heterocycles. The first-order valence-electron chi connectivity index (χ1n) is 27.4. The van der Waals surface area contributed by atoms with Crippen LogP contribution in [-0.2, 0) is 22.4 Å². The van der Waals surface area contributed by atoms with Crippen LogP contribution in [0.15, 0.2) is 193 Å². The molecule has 0 aliphatic carbocycles. The number of H-pyrrole nitrogens is 2. The second-order valence-electron chi connectivity index (χ2n) is 18.3. The van der Waals surface area contributed by atoms with Crippen molar-refractivity contribution in [1.29, 1.82) is 0 Å². The molecule has 0 radical (unpaired) electrons. The summed E-state index contributed by atoms with van der Waals surface area (Å²) in [6, 6.07) is 40.4. The minimum Gasteiger partial charge on any atom is -0.508 e.